The van der Waals surface area contributed by atoms with Gasteiger partial charge in [0.2, 0.25) is 0 Å². The minimum absolute atomic E-state index is 0.243. The van der Waals surface area contributed by atoms with Crippen LogP contribution in [0.3, 0.4) is 0 Å². The van der Waals surface area contributed by atoms with Gasteiger partial charge in [0.15, 0.2) is 0 Å². The molecule has 0 saturated heterocycles. The molecule has 0 bridgehead atoms. The molecule has 0 saturated carbocycles. The molecule has 1 rings (SSSR count). The highest BCUT2D eigenvalue weighted by atomic mass is 16.5. The van der Waals surface area contributed by atoms with Crippen LogP contribution in [0.2, 0.25) is 0 Å². The Balaban J connectivity index is 2.77. The third-order valence-electron chi connectivity index (χ3n) is 2.48. The van der Waals surface area contributed by atoms with Gasteiger partial charge in [-0.15, -0.1) is 0 Å². The zero-order valence-corrected chi connectivity index (χ0v) is 10.7. The van der Waals surface area contributed by atoms with Crippen LogP contribution in [0.1, 0.15) is 31.9 Å². The third-order valence-corrected chi connectivity index (χ3v) is 2.48. The summed E-state index contributed by atoms with van der Waals surface area (Å²) < 4.78 is 11.2. The molecule has 1 aromatic rings. The molecular formula is C14H22O2. The molecule has 0 N–H and O–H groups in total. The highest BCUT2D eigenvalue weighted by Gasteiger charge is 2.08. The third kappa shape index (κ3) is 3.86. The van der Waals surface area contributed by atoms with Gasteiger partial charge >= 0.3 is 0 Å². The fourth-order valence-electron chi connectivity index (χ4n) is 1.77. The van der Waals surface area contributed by atoms with Crippen molar-refractivity contribution in [2.75, 3.05) is 13.2 Å². The van der Waals surface area contributed by atoms with Crippen molar-refractivity contribution < 1.29 is 9.47 Å². The Bertz CT molecular complexity index is 321. The maximum Gasteiger partial charge on any atom is 0.122 e. The standard InChI is InChI=1S/C14H22O2/c1-5-15-12(4)10-13-8-7-11(3)9-14(13)16-6-2/h7-9,12H,5-6,10H2,1-4H3. The first kappa shape index (κ1) is 13.0. The normalized spacial score (nSPS) is 12.5. The van der Waals surface area contributed by atoms with Gasteiger partial charge in [0, 0.05) is 13.0 Å². The summed E-state index contributed by atoms with van der Waals surface area (Å²) in [4.78, 5) is 0. The second-order valence-corrected chi connectivity index (χ2v) is 4.01. The number of rotatable bonds is 6. The van der Waals surface area contributed by atoms with Gasteiger partial charge in [-0.25, -0.2) is 0 Å². The van der Waals surface area contributed by atoms with E-state index in [2.05, 4.69) is 32.0 Å². The molecule has 90 valence electrons. The lowest BCUT2D eigenvalue weighted by Crippen LogP contribution is -2.12. The largest absolute Gasteiger partial charge is 0.494 e. The zero-order chi connectivity index (χ0) is 12.0. The first-order chi connectivity index (χ1) is 7.67. The van der Waals surface area contributed by atoms with Crippen LogP contribution < -0.4 is 4.74 Å². The number of aryl methyl sites for hydroxylation is 1. The fourth-order valence-corrected chi connectivity index (χ4v) is 1.77. The number of hydrogen-bond donors (Lipinski definition) is 0. The fraction of sp³-hybridized carbons (Fsp3) is 0.571. The average molecular weight is 222 g/mol. The van der Waals surface area contributed by atoms with E-state index in [0.29, 0.717) is 6.61 Å². The summed E-state index contributed by atoms with van der Waals surface area (Å²) >= 11 is 0. The Kier molecular flexibility index (Phi) is 5.33. The van der Waals surface area contributed by atoms with Crippen LogP contribution in [0, 0.1) is 6.92 Å². The number of hydrogen-bond acceptors (Lipinski definition) is 2. The van der Waals surface area contributed by atoms with Crippen molar-refractivity contribution in [3.63, 3.8) is 0 Å². The summed E-state index contributed by atoms with van der Waals surface area (Å²) in [5, 5.41) is 0. The molecule has 16 heavy (non-hydrogen) atoms. The van der Waals surface area contributed by atoms with E-state index in [1.165, 1.54) is 11.1 Å². The lowest BCUT2D eigenvalue weighted by atomic mass is 10.1. The molecule has 0 aliphatic heterocycles. The van der Waals surface area contributed by atoms with E-state index in [9.17, 15) is 0 Å². The van der Waals surface area contributed by atoms with E-state index in [1.54, 1.807) is 0 Å². The molecule has 1 unspecified atom stereocenters. The predicted molar refractivity (Wildman–Crippen MR) is 67.1 cm³/mol. The second kappa shape index (κ2) is 6.54. The molecule has 0 heterocycles. The SMILES string of the molecule is CCOc1cc(C)ccc1CC(C)OCC. The minimum atomic E-state index is 0.243. The van der Waals surface area contributed by atoms with Crippen LogP contribution in [-0.2, 0) is 11.2 Å². The van der Waals surface area contributed by atoms with E-state index in [1.807, 2.05) is 13.8 Å². The Hall–Kier alpha value is -1.02. The van der Waals surface area contributed by atoms with Gasteiger partial charge in [-0.3, -0.25) is 0 Å². The van der Waals surface area contributed by atoms with Gasteiger partial charge in [0.1, 0.15) is 5.75 Å². The van der Waals surface area contributed by atoms with Gasteiger partial charge in [-0.2, -0.15) is 0 Å². The number of ether oxygens (including phenoxy) is 2. The summed E-state index contributed by atoms with van der Waals surface area (Å²) in [6.45, 7) is 9.68. The van der Waals surface area contributed by atoms with E-state index < -0.39 is 0 Å². The Morgan fingerprint density at radius 1 is 1.19 bits per heavy atom. The van der Waals surface area contributed by atoms with Crippen molar-refractivity contribution in [2.45, 2.75) is 40.2 Å². The zero-order valence-electron chi connectivity index (χ0n) is 10.7. The van der Waals surface area contributed by atoms with E-state index >= 15 is 0 Å². The molecule has 0 spiro atoms. The molecule has 2 heteroatoms. The minimum Gasteiger partial charge on any atom is -0.494 e. The Morgan fingerprint density at radius 2 is 1.94 bits per heavy atom. The van der Waals surface area contributed by atoms with Crippen molar-refractivity contribution in [1.82, 2.24) is 0 Å². The topological polar surface area (TPSA) is 18.5 Å². The van der Waals surface area contributed by atoms with Crippen LogP contribution in [0.5, 0.6) is 5.75 Å². The Labute approximate surface area is 98.6 Å². The van der Waals surface area contributed by atoms with Gasteiger partial charge in [-0.1, -0.05) is 12.1 Å². The number of benzene rings is 1. The molecule has 0 fully saturated rings. The van der Waals surface area contributed by atoms with E-state index in [0.717, 1.165) is 18.8 Å². The maximum atomic E-state index is 5.64. The smallest absolute Gasteiger partial charge is 0.122 e. The van der Waals surface area contributed by atoms with Gasteiger partial charge in [-0.05, 0) is 44.9 Å². The summed E-state index contributed by atoms with van der Waals surface area (Å²) in [6, 6.07) is 6.35. The molecule has 1 aromatic carbocycles. The lowest BCUT2D eigenvalue weighted by Gasteiger charge is -2.15. The van der Waals surface area contributed by atoms with Crippen LogP contribution in [-0.4, -0.2) is 19.3 Å². The van der Waals surface area contributed by atoms with Crippen LogP contribution >= 0.6 is 0 Å². The first-order valence-corrected chi connectivity index (χ1v) is 6.01. The molecule has 0 radical (unpaired) electrons. The molecule has 0 aromatic heterocycles. The summed E-state index contributed by atoms with van der Waals surface area (Å²) in [5.41, 5.74) is 2.46. The van der Waals surface area contributed by atoms with Crippen LogP contribution in [0.15, 0.2) is 18.2 Å². The highest BCUT2D eigenvalue weighted by Crippen LogP contribution is 2.22. The molecule has 0 amide bonds. The average Bonchev–Trinajstić information content (AvgIpc) is 2.23. The summed E-state index contributed by atoms with van der Waals surface area (Å²) in [7, 11) is 0. The summed E-state index contributed by atoms with van der Waals surface area (Å²) in [6.07, 6.45) is 1.15. The molecule has 0 aliphatic carbocycles. The van der Waals surface area contributed by atoms with Crippen molar-refractivity contribution >= 4 is 0 Å². The molecule has 0 aliphatic rings. The van der Waals surface area contributed by atoms with Crippen molar-refractivity contribution in [3.8, 4) is 5.75 Å². The van der Waals surface area contributed by atoms with E-state index in [-0.39, 0.29) is 6.10 Å². The van der Waals surface area contributed by atoms with Crippen LogP contribution in [0.4, 0.5) is 0 Å². The molecule has 2 nitrogen and oxygen atoms in total. The van der Waals surface area contributed by atoms with Gasteiger partial charge in [0.05, 0.1) is 12.7 Å². The monoisotopic (exact) mass is 222 g/mol. The van der Waals surface area contributed by atoms with Gasteiger partial charge < -0.3 is 9.47 Å². The lowest BCUT2D eigenvalue weighted by molar-refractivity contribution is 0.0762. The van der Waals surface area contributed by atoms with Crippen molar-refractivity contribution in [2.24, 2.45) is 0 Å². The predicted octanol–water partition coefficient (Wildman–Crippen LogP) is 3.36. The highest BCUT2D eigenvalue weighted by molar-refractivity contribution is 5.37. The van der Waals surface area contributed by atoms with Crippen LogP contribution in [0.25, 0.3) is 0 Å². The van der Waals surface area contributed by atoms with Gasteiger partial charge in [0.25, 0.3) is 0 Å². The van der Waals surface area contributed by atoms with Crippen molar-refractivity contribution in [1.29, 1.82) is 0 Å². The first-order valence-electron chi connectivity index (χ1n) is 6.01. The Morgan fingerprint density at radius 3 is 2.56 bits per heavy atom. The summed E-state index contributed by atoms with van der Waals surface area (Å²) in [5.74, 6) is 0.994. The van der Waals surface area contributed by atoms with E-state index in [4.69, 9.17) is 9.47 Å². The molecule has 1 atom stereocenters. The molecular weight excluding hydrogens is 200 g/mol. The van der Waals surface area contributed by atoms with Crippen molar-refractivity contribution in [3.05, 3.63) is 29.3 Å². The second-order valence-electron chi connectivity index (χ2n) is 4.01. The maximum absolute atomic E-state index is 5.64. The quantitative estimate of drug-likeness (QED) is 0.734.